The van der Waals surface area contributed by atoms with Crippen molar-refractivity contribution in [2.45, 2.75) is 26.7 Å². The Morgan fingerprint density at radius 1 is 1.44 bits per heavy atom. The van der Waals surface area contributed by atoms with Gasteiger partial charge in [-0.1, -0.05) is 19.0 Å². The molecule has 1 aromatic heterocycles. The van der Waals surface area contributed by atoms with Crippen molar-refractivity contribution in [2.75, 3.05) is 20.7 Å². The minimum Gasteiger partial charge on any atom is -0.468 e. The number of likely N-dealkylation sites (N-methyl/N-ethyl adjacent to an activating group) is 1. The van der Waals surface area contributed by atoms with Gasteiger partial charge in [0.25, 0.3) is 5.91 Å². The summed E-state index contributed by atoms with van der Waals surface area (Å²) in [5.74, 6) is -0.167. The molecular weight excluding hydrogens is 236 g/mol. The van der Waals surface area contributed by atoms with Crippen LogP contribution in [0.15, 0.2) is 4.52 Å². The van der Waals surface area contributed by atoms with Gasteiger partial charge in [-0.3, -0.25) is 9.59 Å². The average Bonchev–Trinajstić information content (AvgIpc) is 2.69. The molecule has 0 N–H and O–H groups in total. The zero-order valence-electron chi connectivity index (χ0n) is 11.3. The first-order valence-corrected chi connectivity index (χ1v) is 5.66. The molecular formula is C12H18N2O4. The van der Waals surface area contributed by atoms with Crippen LogP contribution in [0.3, 0.4) is 0 Å². The normalized spacial score (nSPS) is 10.6. The number of rotatable bonds is 4. The molecule has 0 unspecified atom stereocenters. The molecule has 100 valence electrons. The molecule has 0 aromatic carbocycles. The molecule has 0 spiro atoms. The maximum Gasteiger partial charge on any atom is 0.325 e. The summed E-state index contributed by atoms with van der Waals surface area (Å²) in [6.45, 7) is 5.43. The van der Waals surface area contributed by atoms with Gasteiger partial charge in [0.1, 0.15) is 12.1 Å². The van der Waals surface area contributed by atoms with E-state index in [4.69, 9.17) is 4.52 Å². The number of carbonyl (C=O) groups is 2. The second kappa shape index (κ2) is 5.66. The number of carbonyl (C=O) groups excluding carboxylic acids is 2. The van der Waals surface area contributed by atoms with Crippen molar-refractivity contribution in [1.29, 1.82) is 0 Å². The Bertz CT molecular complexity index is 451. The van der Waals surface area contributed by atoms with Crippen LogP contribution in [0.1, 0.15) is 41.6 Å². The Morgan fingerprint density at radius 3 is 2.56 bits per heavy atom. The van der Waals surface area contributed by atoms with E-state index < -0.39 is 5.97 Å². The van der Waals surface area contributed by atoms with E-state index in [9.17, 15) is 9.59 Å². The molecule has 0 aliphatic rings. The number of ether oxygens (including phenoxy) is 1. The van der Waals surface area contributed by atoms with Crippen molar-refractivity contribution >= 4 is 11.9 Å². The summed E-state index contributed by atoms with van der Waals surface area (Å²) in [7, 11) is 2.82. The molecule has 0 aliphatic carbocycles. The molecule has 6 heteroatoms. The quantitative estimate of drug-likeness (QED) is 0.758. The van der Waals surface area contributed by atoms with E-state index in [1.807, 2.05) is 13.8 Å². The van der Waals surface area contributed by atoms with E-state index in [-0.39, 0.29) is 18.4 Å². The maximum atomic E-state index is 12.2. The van der Waals surface area contributed by atoms with Crippen molar-refractivity contribution in [1.82, 2.24) is 10.1 Å². The van der Waals surface area contributed by atoms with Gasteiger partial charge in [-0.2, -0.15) is 0 Å². The third-order valence-electron chi connectivity index (χ3n) is 2.57. The van der Waals surface area contributed by atoms with Gasteiger partial charge in [0.05, 0.1) is 12.8 Å². The summed E-state index contributed by atoms with van der Waals surface area (Å²) in [6.07, 6.45) is 0. The van der Waals surface area contributed by atoms with Crippen LogP contribution >= 0.6 is 0 Å². The highest BCUT2D eigenvalue weighted by atomic mass is 16.5. The summed E-state index contributed by atoms with van der Waals surface area (Å²) in [5.41, 5.74) is 0.955. The van der Waals surface area contributed by atoms with Crippen LogP contribution in [0.2, 0.25) is 0 Å². The molecule has 1 rings (SSSR count). The fraction of sp³-hybridized carbons (Fsp3) is 0.583. The molecule has 18 heavy (non-hydrogen) atoms. The molecule has 1 amide bonds. The Kier molecular flexibility index (Phi) is 4.47. The van der Waals surface area contributed by atoms with Gasteiger partial charge in [-0.15, -0.1) is 0 Å². The summed E-state index contributed by atoms with van der Waals surface area (Å²) < 4.78 is 9.67. The van der Waals surface area contributed by atoms with E-state index >= 15 is 0 Å². The van der Waals surface area contributed by atoms with Crippen molar-refractivity contribution in [3.63, 3.8) is 0 Å². The van der Waals surface area contributed by atoms with Crippen LogP contribution in [0, 0.1) is 6.92 Å². The Labute approximate surface area is 106 Å². The Hall–Kier alpha value is -1.85. The molecule has 6 nitrogen and oxygen atoms in total. The maximum absolute atomic E-state index is 12.2. The lowest BCUT2D eigenvalue weighted by molar-refractivity contribution is -0.141. The van der Waals surface area contributed by atoms with Crippen molar-refractivity contribution < 1.29 is 18.8 Å². The minimum atomic E-state index is -0.467. The van der Waals surface area contributed by atoms with E-state index in [2.05, 4.69) is 9.89 Å². The predicted molar refractivity (Wildman–Crippen MR) is 64.3 cm³/mol. The Balaban J connectivity index is 2.96. The number of esters is 1. The van der Waals surface area contributed by atoms with Gasteiger partial charge in [0.2, 0.25) is 0 Å². The van der Waals surface area contributed by atoms with Crippen molar-refractivity contribution in [2.24, 2.45) is 0 Å². The van der Waals surface area contributed by atoms with E-state index in [1.54, 1.807) is 6.92 Å². The van der Waals surface area contributed by atoms with Crippen molar-refractivity contribution in [3.8, 4) is 0 Å². The van der Waals surface area contributed by atoms with Gasteiger partial charge in [0, 0.05) is 13.0 Å². The molecule has 0 atom stereocenters. The number of aromatic nitrogens is 1. The van der Waals surface area contributed by atoms with Crippen LogP contribution in [0.5, 0.6) is 0 Å². The lowest BCUT2D eigenvalue weighted by Crippen LogP contribution is -2.33. The zero-order valence-corrected chi connectivity index (χ0v) is 11.3. The van der Waals surface area contributed by atoms with Crippen LogP contribution in [0.25, 0.3) is 0 Å². The monoisotopic (exact) mass is 254 g/mol. The molecule has 0 saturated heterocycles. The molecule has 0 fully saturated rings. The summed E-state index contributed by atoms with van der Waals surface area (Å²) in [4.78, 5) is 24.7. The average molecular weight is 254 g/mol. The summed E-state index contributed by atoms with van der Waals surface area (Å²) in [5, 5.41) is 3.80. The van der Waals surface area contributed by atoms with E-state index in [0.29, 0.717) is 17.0 Å². The highest BCUT2D eigenvalue weighted by Gasteiger charge is 2.26. The zero-order chi connectivity index (χ0) is 13.9. The van der Waals surface area contributed by atoms with Gasteiger partial charge < -0.3 is 14.2 Å². The number of hydrogen-bond acceptors (Lipinski definition) is 5. The molecule has 1 heterocycles. The smallest absolute Gasteiger partial charge is 0.325 e. The minimum absolute atomic E-state index is 0.0525. The molecule has 1 aromatic rings. The first kappa shape index (κ1) is 14.2. The number of methoxy groups -OCH3 is 1. The first-order valence-electron chi connectivity index (χ1n) is 5.66. The summed E-state index contributed by atoms with van der Waals surface area (Å²) >= 11 is 0. The molecule has 0 radical (unpaired) electrons. The number of aryl methyl sites for hydroxylation is 1. The number of nitrogens with zero attached hydrogens (tertiary/aromatic N) is 2. The van der Waals surface area contributed by atoms with Crippen LogP contribution < -0.4 is 0 Å². The second-order valence-corrected chi connectivity index (χ2v) is 4.40. The Morgan fingerprint density at radius 2 is 2.06 bits per heavy atom. The highest BCUT2D eigenvalue weighted by molar-refractivity contribution is 5.97. The second-order valence-electron chi connectivity index (χ2n) is 4.40. The summed E-state index contributed by atoms with van der Waals surface area (Å²) in [6, 6.07) is 0. The van der Waals surface area contributed by atoms with Crippen LogP contribution in [-0.4, -0.2) is 42.6 Å². The molecule has 0 saturated carbocycles. The first-order chi connectivity index (χ1) is 8.38. The lowest BCUT2D eigenvalue weighted by Gasteiger charge is -2.16. The largest absolute Gasteiger partial charge is 0.468 e. The topological polar surface area (TPSA) is 72.6 Å². The lowest BCUT2D eigenvalue weighted by atomic mass is 10.0. The van der Waals surface area contributed by atoms with Crippen LogP contribution in [-0.2, 0) is 9.53 Å². The third-order valence-corrected chi connectivity index (χ3v) is 2.57. The van der Waals surface area contributed by atoms with E-state index in [1.165, 1.54) is 19.1 Å². The van der Waals surface area contributed by atoms with E-state index in [0.717, 1.165) is 0 Å². The molecule has 0 bridgehead atoms. The van der Waals surface area contributed by atoms with Gasteiger partial charge in [-0.05, 0) is 6.92 Å². The van der Waals surface area contributed by atoms with Crippen molar-refractivity contribution in [3.05, 3.63) is 17.0 Å². The standard InChI is InChI=1S/C12H18N2O4/c1-7(2)11-10(8(3)13-18-11)12(16)14(4)6-9(15)17-5/h7H,6H2,1-5H3. The third kappa shape index (κ3) is 2.88. The van der Waals surface area contributed by atoms with Crippen LogP contribution in [0.4, 0.5) is 0 Å². The van der Waals surface area contributed by atoms with Gasteiger partial charge in [-0.25, -0.2) is 0 Å². The molecule has 0 aliphatic heterocycles. The van der Waals surface area contributed by atoms with Gasteiger partial charge in [0.15, 0.2) is 5.76 Å². The fourth-order valence-corrected chi connectivity index (χ4v) is 1.56. The fourth-order valence-electron chi connectivity index (χ4n) is 1.56. The SMILES string of the molecule is COC(=O)CN(C)C(=O)c1c(C)noc1C(C)C. The van der Waals surface area contributed by atoms with Gasteiger partial charge >= 0.3 is 5.97 Å². The predicted octanol–water partition coefficient (Wildman–Crippen LogP) is 1.35. The highest BCUT2D eigenvalue weighted by Crippen LogP contribution is 2.23. The number of amides is 1. The number of hydrogen-bond donors (Lipinski definition) is 0.